The van der Waals surface area contributed by atoms with E-state index in [9.17, 15) is 9.59 Å². The molecule has 0 atom stereocenters. The average molecular weight is 445 g/mol. The zero-order chi connectivity index (χ0) is 22.5. The molecule has 4 aromatic rings. The van der Waals surface area contributed by atoms with Gasteiger partial charge in [-0.1, -0.05) is 48.0 Å². The van der Waals surface area contributed by atoms with E-state index in [1.165, 1.54) is 0 Å². The number of amides is 2. The van der Waals surface area contributed by atoms with Crippen molar-refractivity contribution in [2.45, 2.75) is 13.5 Å². The summed E-state index contributed by atoms with van der Waals surface area (Å²) in [5.74, 6) is -0.452. The van der Waals surface area contributed by atoms with Gasteiger partial charge < -0.3 is 15.2 Å². The maximum atomic E-state index is 12.5. The fraction of sp³-hybridized carbons (Fsp3) is 0.0800. The fourth-order valence-corrected chi connectivity index (χ4v) is 3.36. The smallest absolute Gasteiger partial charge is 0.275 e. The van der Waals surface area contributed by atoms with Crippen LogP contribution in [0, 0.1) is 6.92 Å². The summed E-state index contributed by atoms with van der Waals surface area (Å²) in [6.07, 6.45) is 3.31. The van der Waals surface area contributed by atoms with E-state index in [0.717, 1.165) is 11.1 Å². The van der Waals surface area contributed by atoms with Crippen LogP contribution in [0.1, 0.15) is 32.0 Å². The number of anilines is 2. The van der Waals surface area contributed by atoms with Gasteiger partial charge in [-0.15, -0.1) is 0 Å². The minimum absolute atomic E-state index is 0.154. The van der Waals surface area contributed by atoms with E-state index >= 15 is 0 Å². The Balaban J connectivity index is 1.37. The Morgan fingerprint density at radius 3 is 2.41 bits per heavy atom. The second kappa shape index (κ2) is 9.49. The number of nitrogens with zero attached hydrogens (tertiary/aromatic N) is 2. The number of carbonyl (C=O) groups is 2. The van der Waals surface area contributed by atoms with Crippen LogP contribution in [0.5, 0.6) is 0 Å². The molecule has 6 nitrogen and oxygen atoms in total. The van der Waals surface area contributed by atoms with Crippen molar-refractivity contribution in [1.82, 2.24) is 9.55 Å². The van der Waals surface area contributed by atoms with Gasteiger partial charge in [-0.25, -0.2) is 4.98 Å². The molecule has 1 heterocycles. The normalized spacial score (nSPS) is 10.6. The van der Waals surface area contributed by atoms with Crippen LogP contribution in [0.25, 0.3) is 0 Å². The second-order valence-corrected chi connectivity index (χ2v) is 7.72. The zero-order valence-corrected chi connectivity index (χ0v) is 18.1. The summed E-state index contributed by atoms with van der Waals surface area (Å²) < 4.78 is 1.83. The van der Waals surface area contributed by atoms with E-state index in [4.69, 9.17) is 11.6 Å². The topological polar surface area (TPSA) is 76.0 Å². The van der Waals surface area contributed by atoms with E-state index < -0.39 is 0 Å². The van der Waals surface area contributed by atoms with Gasteiger partial charge in [-0.05, 0) is 54.4 Å². The third-order valence-corrected chi connectivity index (χ3v) is 5.40. The molecule has 32 heavy (non-hydrogen) atoms. The Hall–Kier alpha value is -3.90. The number of imidazole rings is 1. The lowest BCUT2D eigenvalue weighted by Crippen LogP contribution is -2.13. The number of halogens is 1. The van der Waals surface area contributed by atoms with Gasteiger partial charge >= 0.3 is 0 Å². The molecule has 0 saturated heterocycles. The molecule has 3 aromatic carbocycles. The summed E-state index contributed by atoms with van der Waals surface area (Å²) >= 11 is 6.11. The van der Waals surface area contributed by atoms with Gasteiger partial charge in [-0.3, -0.25) is 9.59 Å². The first-order chi connectivity index (χ1) is 15.5. The van der Waals surface area contributed by atoms with Crippen molar-refractivity contribution in [2.24, 2.45) is 0 Å². The molecule has 4 rings (SSSR count). The number of rotatable bonds is 6. The van der Waals surface area contributed by atoms with Crippen LogP contribution in [0.15, 0.2) is 85.3 Å². The van der Waals surface area contributed by atoms with Crippen molar-refractivity contribution >= 4 is 34.8 Å². The van der Waals surface area contributed by atoms with E-state index in [0.29, 0.717) is 34.2 Å². The van der Waals surface area contributed by atoms with Crippen LogP contribution >= 0.6 is 11.6 Å². The number of carbonyl (C=O) groups excluding carboxylic acids is 2. The Kier molecular flexibility index (Phi) is 6.33. The monoisotopic (exact) mass is 444 g/mol. The van der Waals surface area contributed by atoms with Gasteiger partial charge in [-0.2, -0.15) is 0 Å². The standard InChI is InChI=1S/C25H21ClN4O2/c1-17-21(26)8-5-9-22(17)29-25(32)23-15-30(16-27-23)14-18-10-12-20(13-11-18)28-24(31)19-6-3-2-4-7-19/h2-13,15-16H,14H2,1H3,(H,28,31)(H,29,32). The molecule has 2 N–H and O–H groups in total. The predicted octanol–water partition coefficient (Wildman–Crippen LogP) is 5.40. The van der Waals surface area contributed by atoms with Gasteiger partial charge in [0.2, 0.25) is 0 Å². The van der Waals surface area contributed by atoms with Gasteiger partial charge in [0.05, 0.1) is 6.33 Å². The van der Waals surface area contributed by atoms with E-state index in [1.54, 1.807) is 42.9 Å². The molecule has 0 aliphatic heterocycles. The lowest BCUT2D eigenvalue weighted by atomic mass is 10.2. The van der Waals surface area contributed by atoms with Gasteiger partial charge in [0.25, 0.3) is 11.8 Å². The van der Waals surface area contributed by atoms with Crippen LogP contribution in [0.3, 0.4) is 0 Å². The molecule has 0 aliphatic rings. The highest BCUT2D eigenvalue weighted by atomic mass is 35.5. The number of nitrogens with one attached hydrogen (secondary N) is 2. The van der Waals surface area contributed by atoms with E-state index in [-0.39, 0.29) is 11.8 Å². The van der Waals surface area contributed by atoms with Gasteiger partial charge in [0.1, 0.15) is 5.69 Å². The Bertz CT molecular complexity index is 1250. The highest BCUT2D eigenvalue weighted by Gasteiger charge is 2.12. The summed E-state index contributed by atoms with van der Waals surface area (Å²) in [5.41, 5.74) is 4.11. The van der Waals surface area contributed by atoms with Crippen LogP contribution < -0.4 is 10.6 Å². The van der Waals surface area contributed by atoms with Gasteiger partial charge in [0, 0.05) is 34.7 Å². The lowest BCUT2D eigenvalue weighted by molar-refractivity contribution is 0.101. The highest BCUT2D eigenvalue weighted by molar-refractivity contribution is 6.31. The molecule has 0 fully saturated rings. The van der Waals surface area contributed by atoms with Crippen LogP contribution in [0.4, 0.5) is 11.4 Å². The third kappa shape index (κ3) is 5.04. The van der Waals surface area contributed by atoms with Crippen molar-refractivity contribution in [3.05, 3.63) is 113 Å². The lowest BCUT2D eigenvalue weighted by Gasteiger charge is -2.08. The maximum absolute atomic E-state index is 12.5. The van der Waals surface area contributed by atoms with Crippen molar-refractivity contribution in [1.29, 1.82) is 0 Å². The summed E-state index contributed by atoms with van der Waals surface area (Å²) in [4.78, 5) is 29.0. The molecule has 160 valence electrons. The molecule has 0 spiro atoms. The molecule has 0 saturated carbocycles. The SMILES string of the molecule is Cc1c(Cl)cccc1NC(=O)c1cn(Cc2ccc(NC(=O)c3ccccc3)cc2)cn1. The number of aromatic nitrogens is 2. The average Bonchev–Trinajstić information content (AvgIpc) is 3.27. The minimum Gasteiger partial charge on any atom is -0.332 e. The van der Waals surface area contributed by atoms with Crippen LogP contribution in [-0.4, -0.2) is 21.4 Å². The van der Waals surface area contributed by atoms with Crippen LogP contribution in [0.2, 0.25) is 5.02 Å². The highest BCUT2D eigenvalue weighted by Crippen LogP contribution is 2.23. The first-order valence-electron chi connectivity index (χ1n) is 10.0. The first kappa shape index (κ1) is 21.3. The Labute approximate surface area is 190 Å². The number of benzene rings is 3. The van der Waals surface area contributed by atoms with Crippen molar-refractivity contribution in [3.8, 4) is 0 Å². The van der Waals surface area contributed by atoms with Crippen molar-refractivity contribution in [3.63, 3.8) is 0 Å². The molecule has 0 aliphatic carbocycles. The fourth-order valence-electron chi connectivity index (χ4n) is 3.19. The largest absolute Gasteiger partial charge is 0.332 e. The first-order valence-corrected chi connectivity index (χ1v) is 10.4. The molecular formula is C25H21ClN4O2. The molecule has 0 unspecified atom stereocenters. The zero-order valence-electron chi connectivity index (χ0n) is 17.4. The maximum Gasteiger partial charge on any atom is 0.275 e. The minimum atomic E-state index is -0.298. The summed E-state index contributed by atoms with van der Waals surface area (Å²) in [5, 5.41) is 6.32. The summed E-state index contributed by atoms with van der Waals surface area (Å²) in [7, 11) is 0. The molecule has 0 bridgehead atoms. The van der Waals surface area contributed by atoms with E-state index in [2.05, 4.69) is 15.6 Å². The third-order valence-electron chi connectivity index (χ3n) is 4.99. The Morgan fingerprint density at radius 1 is 0.906 bits per heavy atom. The quantitative estimate of drug-likeness (QED) is 0.418. The summed E-state index contributed by atoms with van der Waals surface area (Å²) in [6.45, 7) is 2.39. The number of hydrogen-bond donors (Lipinski definition) is 2. The van der Waals surface area contributed by atoms with Crippen molar-refractivity contribution in [2.75, 3.05) is 10.6 Å². The molecule has 0 radical (unpaired) electrons. The van der Waals surface area contributed by atoms with Gasteiger partial charge in [0.15, 0.2) is 0 Å². The predicted molar refractivity (Wildman–Crippen MR) is 126 cm³/mol. The molecule has 2 amide bonds. The molecular weight excluding hydrogens is 424 g/mol. The Morgan fingerprint density at radius 2 is 1.66 bits per heavy atom. The summed E-state index contributed by atoms with van der Waals surface area (Å²) in [6, 6.07) is 22.0. The molecule has 1 aromatic heterocycles. The van der Waals surface area contributed by atoms with E-state index in [1.807, 2.05) is 54.0 Å². The van der Waals surface area contributed by atoms with Crippen LogP contribution in [-0.2, 0) is 6.54 Å². The van der Waals surface area contributed by atoms with Crippen molar-refractivity contribution < 1.29 is 9.59 Å². The number of hydrogen-bond acceptors (Lipinski definition) is 3. The molecule has 7 heteroatoms. The second-order valence-electron chi connectivity index (χ2n) is 7.31.